The van der Waals surface area contributed by atoms with Crippen LogP contribution in [0.3, 0.4) is 0 Å². The van der Waals surface area contributed by atoms with Crippen molar-refractivity contribution in [2.45, 2.75) is 37.7 Å². The van der Waals surface area contributed by atoms with Crippen LogP contribution < -0.4 is 4.90 Å². The maximum atomic E-state index is 13.9. The van der Waals surface area contributed by atoms with Crippen LogP contribution in [-0.2, 0) is 0 Å². The number of halogens is 2. The van der Waals surface area contributed by atoms with Crippen molar-refractivity contribution in [1.29, 1.82) is 0 Å². The van der Waals surface area contributed by atoms with Gasteiger partial charge in [0, 0.05) is 25.2 Å². The first-order valence-corrected chi connectivity index (χ1v) is 7.25. The molecule has 19 heavy (non-hydrogen) atoms. The minimum atomic E-state index is -0.544. The fourth-order valence-electron chi connectivity index (χ4n) is 3.40. The maximum Gasteiger partial charge on any atom is 0.167 e. The Kier molecular flexibility index (Phi) is 3.39. The van der Waals surface area contributed by atoms with Gasteiger partial charge < -0.3 is 10.0 Å². The van der Waals surface area contributed by atoms with Crippen molar-refractivity contribution in [3.8, 4) is 0 Å². The van der Waals surface area contributed by atoms with Crippen LogP contribution in [0.1, 0.15) is 32.1 Å². The van der Waals surface area contributed by atoms with Crippen LogP contribution in [0.15, 0.2) is 12.3 Å². The summed E-state index contributed by atoms with van der Waals surface area (Å²) in [6.45, 7) is 1.33. The number of fused-ring (bicyclic) bond motifs is 1. The van der Waals surface area contributed by atoms with E-state index in [4.69, 9.17) is 11.6 Å². The molecule has 0 spiro atoms. The lowest BCUT2D eigenvalue weighted by molar-refractivity contribution is -0.0614. The van der Waals surface area contributed by atoms with E-state index < -0.39 is 5.60 Å². The second kappa shape index (κ2) is 4.91. The van der Waals surface area contributed by atoms with Gasteiger partial charge in [-0.25, -0.2) is 9.37 Å². The highest BCUT2D eigenvalue weighted by Gasteiger charge is 2.43. The number of nitrogens with zero attached hydrogens (tertiary/aromatic N) is 2. The largest absolute Gasteiger partial charge is 0.389 e. The van der Waals surface area contributed by atoms with Gasteiger partial charge in [0.2, 0.25) is 0 Å². The molecule has 0 radical (unpaired) electrons. The average Bonchev–Trinajstić information content (AvgIpc) is 2.38. The van der Waals surface area contributed by atoms with E-state index in [0.717, 1.165) is 25.7 Å². The van der Waals surface area contributed by atoms with Crippen LogP contribution in [0.25, 0.3) is 0 Å². The number of hydrogen-bond acceptors (Lipinski definition) is 3. The number of hydrogen-bond donors (Lipinski definition) is 1. The van der Waals surface area contributed by atoms with Crippen molar-refractivity contribution in [2.75, 3.05) is 18.0 Å². The van der Waals surface area contributed by atoms with Crippen molar-refractivity contribution < 1.29 is 9.50 Å². The van der Waals surface area contributed by atoms with Crippen LogP contribution in [0.5, 0.6) is 0 Å². The molecule has 1 saturated heterocycles. The van der Waals surface area contributed by atoms with Gasteiger partial charge in [-0.1, -0.05) is 24.4 Å². The number of aromatic nitrogens is 1. The van der Waals surface area contributed by atoms with Gasteiger partial charge >= 0.3 is 0 Å². The quantitative estimate of drug-likeness (QED) is 0.861. The van der Waals surface area contributed by atoms with Crippen LogP contribution in [0.4, 0.5) is 10.2 Å². The van der Waals surface area contributed by atoms with E-state index >= 15 is 0 Å². The molecule has 5 heteroatoms. The lowest BCUT2D eigenvalue weighted by Gasteiger charge is -2.47. The van der Waals surface area contributed by atoms with Gasteiger partial charge in [0.15, 0.2) is 11.6 Å². The number of pyridine rings is 1. The second-order valence-electron chi connectivity index (χ2n) is 5.70. The molecule has 1 aliphatic heterocycles. The topological polar surface area (TPSA) is 36.4 Å². The van der Waals surface area contributed by atoms with Crippen molar-refractivity contribution in [1.82, 2.24) is 4.98 Å². The maximum absolute atomic E-state index is 13.9. The Hall–Kier alpha value is -0.870. The van der Waals surface area contributed by atoms with Gasteiger partial charge in [0.1, 0.15) is 0 Å². The Morgan fingerprint density at radius 2 is 2.26 bits per heavy atom. The molecule has 2 atom stereocenters. The molecule has 1 aromatic rings. The van der Waals surface area contributed by atoms with Crippen LogP contribution in [-0.4, -0.2) is 28.8 Å². The van der Waals surface area contributed by atoms with Crippen molar-refractivity contribution in [2.24, 2.45) is 5.92 Å². The second-order valence-corrected chi connectivity index (χ2v) is 6.14. The van der Waals surface area contributed by atoms with E-state index in [-0.39, 0.29) is 11.7 Å². The van der Waals surface area contributed by atoms with E-state index in [0.29, 0.717) is 30.4 Å². The van der Waals surface area contributed by atoms with E-state index in [1.54, 1.807) is 0 Å². The van der Waals surface area contributed by atoms with Crippen molar-refractivity contribution >= 4 is 17.4 Å². The summed E-state index contributed by atoms with van der Waals surface area (Å²) >= 11 is 5.73. The van der Waals surface area contributed by atoms with Crippen molar-refractivity contribution in [3.05, 3.63) is 23.1 Å². The first-order chi connectivity index (χ1) is 9.08. The summed E-state index contributed by atoms with van der Waals surface area (Å²) in [5.41, 5.74) is -0.544. The Labute approximate surface area is 117 Å². The Bertz CT molecular complexity index is 485. The van der Waals surface area contributed by atoms with E-state index in [1.807, 2.05) is 4.90 Å². The molecule has 104 valence electrons. The molecule has 2 heterocycles. The summed E-state index contributed by atoms with van der Waals surface area (Å²) in [6.07, 6.45) is 6.31. The molecule has 0 aromatic carbocycles. The summed E-state index contributed by atoms with van der Waals surface area (Å²) in [4.78, 5) is 6.04. The highest BCUT2D eigenvalue weighted by atomic mass is 35.5. The third kappa shape index (κ3) is 2.43. The standard InChI is InChI=1S/C14H18ClFN2O/c15-11-7-12(16)13(17-8-11)18-6-5-14(19)4-2-1-3-10(14)9-18/h7-8,10,19H,1-6,9H2. The molecular formula is C14H18ClFN2O. The first-order valence-electron chi connectivity index (χ1n) is 6.87. The summed E-state index contributed by atoms with van der Waals surface area (Å²) in [7, 11) is 0. The highest BCUT2D eigenvalue weighted by Crippen LogP contribution is 2.40. The van der Waals surface area contributed by atoms with Gasteiger partial charge in [0.05, 0.1) is 10.6 Å². The molecule has 3 rings (SSSR count). The van der Waals surface area contributed by atoms with Crippen LogP contribution in [0.2, 0.25) is 5.02 Å². The SMILES string of the molecule is OC12CCCCC1CN(c1ncc(Cl)cc1F)CC2. The minimum absolute atomic E-state index is 0.229. The Morgan fingerprint density at radius 1 is 1.42 bits per heavy atom. The number of piperidine rings is 1. The first kappa shape index (κ1) is 13.1. The lowest BCUT2D eigenvalue weighted by Crippen LogP contribution is -2.53. The summed E-state index contributed by atoms with van der Waals surface area (Å²) in [5.74, 6) is 0.206. The molecule has 2 unspecified atom stereocenters. The predicted octanol–water partition coefficient (Wildman–Crippen LogP) is 3.01. The van der Waals surface area contributed by atoms with Crippen LogP contribution in [0, 0.1) is 11.7 Å². The van der Waals surface area contributed by atoms with E-state index in [1.165, 1.54) is 12.3 Å². The molecule has 1 N–H and O–H groups in total. The van der Waals surface area contributed by atoms with Crippen molar-refractivity contribution in [3.63, 3.8) is 0 Å². The fraction of sp³-hybridized carbons (Fsp3) is 0.643. The molecular weight excluding hydrogens is 267 g/mol. The summed E-state index contributed by atoms with van der Waals surface area (Å²) < 4.78 is 13.9. The minimum Gasteiger partial charge on any atom is -0.389 e. The van der Waals surface area contributed by atoms with E-state index in [2.05, 4.69) is 4.98 Å². The molecule has 0 amide bonds. The highest BCUT2D eigenvalue weighted by molar-refractivity contribution is 6.30. The van der Waals surface area contributed by atoms with Gasteiger partial charge in [-0.05, 0) is 25.3 Å². The lowest BCUT2D eigenvalue weighted by atomic mass is 9.71. The molecule has 1 saturated carbocycles. The molecule has 1 aliphatic carbocycles. The monoisotopic (exact) mass is 284 g/mol. The molecule has 2 aliphatic rings. The zero-order chi connectivity index (χ0) is 13.5. The fourth-order valence-corrected chi connectivity index (χ4v) is 3.55. The van der Waals surface area contributed by atoms with Gasteiger partial charge in [-0.2, -0.15) is 0 Å². The van der Waals surface area contributed by atoms with Gasteiger partial charge in [-0.15, -0.1) is 0 Å². The van der Waals surface area contributed by atoms with Crippen LogP contribution >= 0.6 is 11.6 Å². The predicted molar refractivity (Wildman–Crippen MR) is 72.9 cm³/mol. The molecule has 1 aromatic heterocycles. The third-order valence-electron chi connectivity index (χ3n) is 4.52. The van der Waals surface area contributed by atoms with Gasteiger partial charge in [0.25, 0.3) is 0 Å². The summed E-state index contributed by atoms with van der Waals surface area (Å²) in [5, 5.41) is 10.9. The number of rotatable bonds is 1. The normalized spacial score (nSPS) is 31.1. The zero-order valence-electron chi connectivity index (χ0n) is 10.8. The molecule has 2 fully saturated rings. The third-order valence-corrected chi connectivity index (χ3v) is 4.72. The van der Waals surface area contributed by atoms with Gasteiger partial charge in [-0.3, -0.25) is 0 Å². The Balaban J connectivity index is 1.80. The number of anilines is 1. The average molecular weight is 285 g/mol. The zero-order valence-corrected chi connectivity index (χ0v) is 11.5. The molecule has 3 nitrogen and oxygen atoms in total. The number of aliphatic hydroxyl groups is 1. The smallest absolute Gasteiger partial charge is 0.167 e. The Morgan fingerprint density at radius 3 is 3.05 bits per heavy atom. The summed E-state index contributed by atoms with van der Waals surface area (Å²) in [6, 6.07) is 1.30. The van der Waals surface area contributed by atoms with E-state index in [9.17, 15) is 9.50 Å². The molecule has 0 bridgehead atoms.